The van der Waals surface area contributed by atoms with Crippen LogP contribution in [-0.2, 0) is 10.0 Å². The summed E-state index contributed by atoms with van der Waals surface area (Å²) in [6, 6.07) is 8.68. The van der Waals surface area contributed by atoms with Gasteiger partial charge >= 0.3 is 5.97 Å². The van der Waals surface area contributed by atoms with Crippen molar-refractivity contribution in [1.29, 1.82) is 0 Å². The van der Waals surface area contributed by atoms with Gasteiger partial charge in [-0.25, -0.2) is 17.6 Å². The van der Waals surface area contributed by atoms with Gasteiger partial charge in [0.25, 0.3) is 10.0 Å². The van der Waals surface area contributed by atoms with E-state index in [1.165, 1.54) is 31.4 Å². The Labute approximate surface area is 174 Å². The number of aromatic hydroxyl groups is 1. The predicted octanol–water partition coefficient (Wildman–Crippen LogP) is 4.42. The minimum atomic E-state index is -4.09. The topological polar surface area (TPSA) is 113 Å². The number of benzene rings is 2. The van der Waals surface area contributed by atoms with Crippen molar-refractivity contribution >= 4 is 44.6 Å². The number of halogens is 2. The van der Waals surface area contributed by atoms with E-state index >= 15 is 0 Å². The van der Waals surface area contributed by atoms with E-state index in [2.05, 4.69) is 4.72 Å². The van der Waals surface area contributed by atoms with Gasteiger partial charge < -0.3 is 14.9 Å². The van der Waals surface area contributed by atoms with E-state index in [-0.39, 0.29) is 25.5 Å². The summed E-state index contributed by atoms with van der Waals surface area (Å²) >= 11 is 6.93. The summed E-state index contributed by atoms with van der Waals surface area (Å²) in [5.74, 6) is -2.52. The molecule has 29 heavy (non-hydrogen) atoms. The molecule has 11 heteroatoms. The van der Waals surface area contributed by atoms with Gasteiger partial charge in [0, 0.05) is 11.6 Å². The van der Waals surface area contributed by atoms with E-state index in [4.69, 9.17) is 21.4 Å². The average molecular weight is 458 g/mol. The molecule has 0 bridgehead atoms. The van der Waals surface area contributed by atoms with Crippen LogP contribution < -0.4 is 9.46 Å². The van der Waals surface area contributed by atoms with Gasteiger partial charge in [-0.2, -0.15) is 0 Å². The van der Waals surface area contributed by atoms with Crippen molar-refractivity contribution in [3.8, 4) is 22.6 Å². The Hall–Kier alpha value is -2.82. The van der Waals surface area contributed by atoms with Crippen LogP contribution >= 0.6 is 22.9 Å². The maximum atomic E-state index is 14.0. The van der Waals surface area contributed by atoms with Gasteiger partial charge in [0.05, 0.1) is 12.8 Å². The lowest BCUT2D eigenvalue weighted by atomic mass is 10.1. The second-order valence-corrected chi connectivity index (χ2v) is 9.31. The van der Waals surface area contributed by atoms with Crippen LogP contribution in [0.3, 0.4) is 0 Å². The standard InChI is InChI=1S/C18H13ClFNO6S2/c1-27-15-5-2-9(6-13(15)20)12-8-16(28-17(12)19)29(25,26)21-10-3-4-11(18(23)24)14(22)7-10/h2-8,21-22H,1H3,(H,23,24). The SMILES string of the molecule is COc1ccc(-c2cc(S(=O)(=O)Nc3ccc(C(=O)O)c(O)c3)sc2Cl)cc1F. The first kappa shape index (κ1) is 20.9. The van der Waals surface area contributed by atoms with Crippen LogP contribution in [0.5, 0.6) is 11.5 Å². The molecule has 0 aliphatic heterocycles. The second kappa shape index (κ2) is 7.90. The number of carbonyl (C=O) groups is 1. The molecule has 0 fully saturated rings. The van der Waals surface area contributed by atoms with E-state index in [9.17, 15) is 22.7 Å². The first-order valence-corrected chi connectivity index (χ1v) is 10.5. The van der Waals surface area contributed by atoms with Crippen molar-refractivity contribution in [2.45, 2.75) is 4.21 Å². The molecule has 3 rings (SSSR count). The maximum Gasteiger partial charge on any atom is 0.339 e. The normalized spacial score (nSPS) is 11.3. The molecule has 3 aromatic rings. The van der Waals surface area contributed by atoms with E-state index < -0.39 is 27.6 Å². The molecule has 0 saturated carbocycles. The maximum absolute atomic E-state index is 14.0. The van der Waals surface area contributed by atoms with Gasteiger partial charge in [0.1, 0.15) is 19.9 Å². The predicted molar refractivity (Wildman–Crippen MR) is 107 cm³/mol. The summed E-state index contributed by atoms with van der Waals surface area (Å²) in [4.78, 5) is 10.9. The Kier molecular flexibility index (Phi) is 5.69. The van der Waals surface area contributed by atoms with E-state index in [0.717, 1.165) is 23.5 Å². The van der Waals surface area contributed by atoms with Crippen molar-refractivity contribution in [2.75, 3.05) is 11.8 Å². The summed E-state index contributed by atoms with van der Waals surface area (Å²) in [7, 11) is -2.76. The lowest BCUT2D eigenvalue weighted by Crippen LogP contribution is -2.11. The van der Waals surface area contributed by atoms with Crippen molar-refractivity contribution < 1.29 is 32.6 Å². The van der Waals surface area contributed by atoms with Crippen LogP contribution in [0.25, 0.3) is 11.1 Å². The number of methoxy groups -OCH3 is 1. The highest BCUT2D eigenvalue weighted by atomic mass is 35.5. The zero-order valence-corrected chi connectivity index (χ0v) is 17.0. The molecule has 1 heterocycles. The number of thiophene rings is 1. The molecule has 0 radical (unpaired) electrons. The third kappa shape index (κ3) is 4.29. The van der Waals surface area contributed by atoms with Crippen molar-refractivity contribution in [2.24, 2.45) is 0 Å². The molecular formula is C18H13ClFNO6S2. The zero-order valence-electron chi connectivity index (χ0n) is 14.6. The fraction of sp³-hybridized carbons (Fsp3) is 0.0556. The molecule has 3 N–H and O–H groups in total. The quantitative estimate of drug-likeness (QED) is 0.505. The molecule has 0 aliphatic carbocycles. The van der Waals surface area contributed by atoms with Gasteiger partial charge in [0.2, 0.25) is 0 Å². The van der Waals surface area contributed by atoms with Crippen molar-refractivity contribution in [3.63, 3.8) is 0 Å². The highest BCUT2D eigenvalue weighted by Crippen LogP contribution is 2.39. The Bertz CT molecular complexity index is 1210. The van der Waals surface area contributed by atoms with Crippen LogP contribution in [0, 0.1) is 5.82 Å². The van der Waals surface area contributed by atoms with E-state index in [0.29, 0.717) is 11.1 Å². The molecule has 2 aromatic carbocycles. The smallest absolute Gasteiger partial charge is 0.339 e. The van der Waals surface area contributed by atoms with Gasteiger partial charge in [-0.1, -0.05) is 17.7 Å². The van der Waals surface area contributed by atoms with Crippen LogP contribution in [0.2, 0.25) is 4.34 Å². The summed E-state index contributed by atoms with van der Waals surface area (Å²) in [6.45, 7) is 0. The number of hydrogen-bond donors (Lipinski definition) is 3. The lowest BCUT2D eigenvalue weighted by molar-refractivity contribution is 0.0693. The molecule has 152 valence electrons. The average Bonchev–Trinajstić information content (AvgIpc) is 3.04. The summed E-state index contributed by atoms with van der Waals surface area (Å²) < 4.78 is 46.3. The molecular weight excluding hydrogens is 445 g/mol. The van der Waals surface area contributed by atoms with Gasteiger partial charge in [-0.05, 0) is 35.9 Å². The molecule has 1 aromatic heterocycles. The van der Waals surface area contributed by atoms with Crippen LogP contribution in [0.4, 0.5) is 10.1 Å². The third-order valence-electron chi connectivity index (χ3n) is 3.87. The summed E-state index contributed by atoms with van der Waals surface area (Å²) in [5, 5.41) is 18.6. The minimum absolute atomic E-state index is 0.0333. The largest absolute Gasteiger partial charge is 0.507 e. The first-order valence-electron chi connectivity index (χ1n) is 7.84. The number of anilines is 1. The molecule has 0 atom stereocenters. The van der Waals surface area contributed by atoms with Crippen LogP contribution in [-0.4, -0.2) is 31.7 Å². The minimum Gasteiger partial charge on any atom is -0.507 e. The molecule has 0 saturated heterocycles. The number of phenols is 1. The number of sulfonamides is 1. The lowest BCUT2D eigenvalue weighted by Gasteiger charge is -2.08. The van der Waals surface area contributed by atoms with E-state index in [1.54, 1.807) is 6.07 Å². The zero-order chi connectivity index (χ0) is 21.3. The highest BCUT2D eigenvalue weighted by Gasteiger charge is 2.22. The van der Waals surface area contributed by atoms with Crippen molar-refractivity contribution in [1.82, 2.24) is 0 Å². The monoisotopic (exact) mass is 457 g/mol. The number of nitrogens with one attached hydrogen (secondary N) is 1. The summed E-state index contributed by atoms with van der Waals surface area (Å²) in [6.07, 6.45) is 0. The number of ether oxygens (including phenoxy) is 1. The second-order valence-electron chi connectivity index (χ2n) is 5.74. The van der Waals surface area contributed by atoms with Crippen LogP contribution in [0.1, 0.15) is 10.4 Å². The fourth-order valence-electron chi connectivity index (χ4n) is 2.49. The highest BCUT2D eigenvalue weighted by molar-refractivity contribution is 7.94. The van der Waals surface area contributed by atoms with Gasteiger partial charge in [-0.3, -0.25) is 4.72 Å². The van der Waals surface area contributed by atoms with Crippen molar-refractivity contribution in [3.05, 3.63) is 58.2 Å². The Morgan fingerprint density at radius 1 is 1.21 bits per heavy atom. The number of rotatable bonds is 6. The fourth-order valence-corrected chi connectivity index (χ4v) is 5.31. The molecule has 7 nitrogen and oxygen atoms in total. The van der Waals surface area contributed by atoms with Gasteiger partial charge in [-0.15, -0.1) is 11.3 Å². The molecule has 0 unspecified atom stereocenters. The number of carboxylic acid groups (broad SMARTS) is 1. The number of carboxylic acids is 1. The number of aromatic carboxylic acids is 1. The molecule has 0 amide bonds. The first-order chi connectivity index (χ1) is 13.6. The Morgan fingerprint density at radius 2 is 1.93 bits per heavy atom. The molecule has 0 aliphatic rings. The van der Waals surface area contributed by atoms with Crippen LogP contribution in [0.15, 0.2) is 46.7 Å². The van der Waals surface area contributed by atoms with Gasteiger partial charge in [0.15, 0.2) is 11.6 Å². The Morgan fingerprint density at radius 3 is 2.52 bits per heavy atom. The third-order valence-corrected chi connectivity index (χ3v) is 7.09. The molecule has 0 spiro atoms. The van der Waals surface area contributed by atoms with E-state index in [1.807, 2.05) is 0 Å². The summed E-state index contributed by atoms with van der Waals surface area (Å²) in [5.41, 5.74) is 0.294. The Balaban J connectivity index is 1.93. The number of hydrogen-bond acceptors (Lipinski definition) is 6.